The van der Waals surface area contributed by atoms with Gasteiger partial charge in [-0.1, -0.05) is 36.4 Å². The van der Waals surface area contributed by atoms with Crippen LogP contribution in [-0.4, -0.2) is 30.2 Å². The Balaban J connectivity index is 1.70. The van der Waals surface area contributed by atoms with Crippen LogP contribution in [0, 0.1) is 0 Å². The molecule has 1 unspecified atom stereocenters. The largest absolute Gasteiger partial charge is 0.497 e. The van der Waals surface area contributed by atoms with Gasteiger partial charge in [-0.3, -0.25) is 4.90 Å². The number of ether oxygens (including phenoxy) is 1. The Bertz CT molecular complexity index is 626. The summed E-state index contributed by atoms with van der Waals surface area (Å²) in [5.41, 5.74) is 3.75. The molecule has 0 amide bonds. The van der Waals surface area contributed by atoms with Crippen molar-refractivity contribution in [2.24, 2.45) is 0 Å². The summed E-state index contributed by atoms with van der Waals surface area (Å²) in [5, 5.41) is 10.5. The molecule has 1 N–H and O–H groups in total. The molecule has 0 aromatic heterocycles. The van der Waals surface area contributed by atoms with E-state index >= 15 is 0 Å². The lowest BCUT2D eigenvalue weighted by Gasteiger charge is -2.24. The van der Waals surface area contributed by atoms with E-state index in [1.54, 1.807) is 7.11 Å². The Kier molecular flexibility index (Phi) is 4.76. The number of methoxy groups -OCH3 is 1. The van der Waals surface area contributed by atoms with Crippen molar-refractivity contribution in [1.82, 2.24) is 4.90 Å². The van der Waals surface area contributed by atoms with E-state index in [9.17, 15) is 5.11 Å². The summed E-state index contributed by atoms with van der Waals surface area (Å²) in [6.45, 7) is 2.59. The Morgan fingerprint density at radius 2 is 1.95 bits per heavy atom. The number of fused-ring (bicyclic) bond motifs is 1. The lowest BCUT2D eigenvalue weighted by molar-refractivity contribution is 0.110. The topological polar surface area (TPSA) is 32.7 Å². The van der Waals surface area contributed by atoms with E-state index in [1.165, 1.54) is 11.1 Å². The summed E-state index contributed by atoms with van der Waals surface area (Å²) in [6, 6.07) is 16.3. The van der Waals surface area contributed by atoms with Gasteiger partial charge in [-0.15, -0.1) is 0 Å². The first-order chi connectivity index (χ1) is 10.8. The molecule has 3 rings (SSSR count). The van der Waals surface area contributed by atoms with Crippen molar-refractivity contribution in [3.8, 4) is 5.75 Å². The lowest BCUT2D eigenvalue weighted by atomic mass is 10.0. The number of rotatable bonds is 4. The average molecular weight is 297 g/mol. The van der Waals surface area contributed by atoms with Crippen LogP contribution in [0.15, 0.2) is 48.5 Å². The van der Waals surface area contributed by atoms with Gasteiger partial charge in [0.2, 0.25) is 0 Å². The molecular weight excluding hydrogens is 274 g/mol. The summed E-state index contributed by atoms with van der Waals surface area (Å²) in [4.78, 5) is 2.34. The highest BCUT2D eigenvalue weighted by atomic mass is 16.5. The molecule has 1 atom stereocenters. The van der Waals surface area contributed by atoms with E-state index < -0.39 is 6.10 Å². The Morgan fingerprint density at radius 1 is 1.14 bits per heavy atom. The summed E-state index contributed by atoms with van der Waals surface area (Å²) >= 11 is 0. The SMILES string of the molecule is COc1cccc(C(O)CN2CCCc3ccccc3C2)c1. The summed E-state index contributed by atoms with van der Waals surface area (Å²) in [7, 11) is 1.65. The van der Waals surface area contributed by atoms with Crippen molar-refractivity contribution in [1.29, 1.82) is 0 Å². The van der Waals surface area contributed by atoms with Crippen LogP contribution < -0.4 is 4.74 Å². The smallest absolute Gasteiger partial charge is 0.119 e. The Morgan fingerprint density at radius 3 is 2.77 bits per heavy atom. The van der Waals surface area contributed by atoms with E-state index in [0.717, 1.165) is 37.2 Å². The van der Waals surface area contributed by atoms with Crippen molar-refractivity contribution >= 4 is 0 Å². The van der Waals surface area contributed by atoms with Crippen LogP contribution in [0.1, 0.15) is 29.2 Å². The minimum absolute atomic E-state index is 0.486. The molecule has 116 valence electrons. The number of hydrogen-bond acceptors (Lipinski definition) is 3. The molecule has 2 aromatic carbocycles. The van der Waals surface area contributed by atoms with Gasteiger partial charge in [0.05, 0.1) is 13.2 Å². The highest BCUT2D eigenvalue weighted by Gasteiger charge is 2.18. The lowest BCUT2D eigenvalue weighted by Crippen LogP contribution is -2.28. The maximum absolute atomic E-state index is 10.5. The van der Waals surface area contributed by atoms with Crippen LogP contribution in [0.25, 0.3) is 0 Å². The molecular formula is C19H23NO2. The Labute approximate surface area is 132 Å². The summed E-state index contributed by atoms with van der Waals surface area (Å²) in [6.07, 6.45) is 1.78. The first-order valence-electron chi connectivity index (χ1n) is 7.87. The van der Waals surface area contributed by atoms with Crippen molar-refractivity contribution in [2.75, 3.05) is 20.2 Å². The van der Waals surface area contributed by atoms with Gasteiger partial charge in [0, 0.05) is 13.1 Å². The zero-order chi connectivity index (χ0) is 15.4. The van der Waals surface area contributed by atoms with Gasteiger partial charge in [0.15, 0.2) is 0 Å². The number of hydrogen-bond donors (Lipinski definition) is 1. The fraction of sp³-hybridized carbons (Fsp3) is 0.368. The minimum atomic E-state index is -0.486. The van der Waals surface area contributed by atoms with Crippen LogP contribution in [0.2, 0.25) is 0 Å². The Hall–Kier alpha value is -1.84. The van der Waals surface area contributed by atoms with Gasteiger partial charge in [-0.05, 0) is 48.2 Å². The van der Waals surface area contributed by atoms with Crippen LogP contribution in [0.4, 0.5) is 0 Å². The van der Waals surface area contributed by atoms with E-state index in [2.05, 4.69) is 29.2 Å². The number of aliphatic hydroxyl groups is 1. The highest BCUT2D eigenvalue weighted by Crippen LogP contribution is 2.23. The van der Waals surface area contributed by atoms with Gasteiger partial charge >= 0.3 is 0 Å². The predicted molar refractivity (Wildman–Crippen MR) is 88.0 cm³/mol. The molecule has 0 bridgehead atoms. The number of β-amino-alcohol motifs (C(OH)–C–C–N with tert-alkyl or cyclic N) is 1. The molecule has 0 spiro atoms. The summed E-state index contributed by atoms with van der Waals surface area (Å²) in [5.74, 6) is 0.790. The average Bonchev–Trinajstić information content (AvgIpc) is 2.76. The third-order valence-corrected chi connectivity index (χ3v) is 4.34. The van der Waals surface area contributed by atoms with E-state index in [-0.39, 0.29) is 0 Å². The van der Waals surface area contributed by atoms with Crippen LogP contribution in [0.5, 0.6) is 5.75 Å². The zero-order valence-electron chi connectivity index (χ0n) is 13.0. The molecule has 3 nitrogen and oxygen atoms in total. The van der Waals surface area contributed by atoms with Crippen LogP contribution in [-0.2, 0) is 13.0 Å². The number of nitrogens with zero attached hydrogens (tertiary/aromatic N) is 1. The quantitative estimate of drug-likeness (QED) is 0.941. The van der Waals surface area contributed by atoms with Crippen LogP contribution >= 0.6 is 0 Å². The maximum atomic E-state index is 10.5. The normalized spacial score (nSPS) is 16.6. The van der Waals surface area contributed by atoms with Crippen molar-refractivity contribution in [2.45, 2.75) is 25.5 Å². The fourth-order valence-corrected chi connectivity index (χ4v) is 3.12. The molecule has 22 heavy (non-hydrogen) atoms. The molecule has 1 aliphatic heterocycles. The highest BCUT2D eigenvalue weighted by molar-refractivity contribution is 5.30. The van der Waals surface area contributed by atoms with Crippen molar-refractivity contribution in [3.63, 3.8) is 0 Å². The molecule has 1 aliphatic rings. The second-order valence-electron chi connectivity index (χ2n) is 5.90. The molecule has 2 aromatic rings. The first kappa shape index (κ1) is 15.1. The molecule has 1 heterocycles. The number of aryl methyl sites for hydroxylation is 1. The van der Waals surface area contributed by atoms with E-state index in [1.807, 2.05) is 24.3 Å². The monoisotopic (exact) mass is 297 g/mol. The standard InChI is InChI=1S/C19H23NO2/c1-22-18-10-4-8-16(12-18)19(21)14-20-11-5-9-15-6-2-3-7-17(15)13-20/h2-4,6-8,10,12,19,21H,5,9,11,13-14H2,1H3. The molecule has 0 saturated heterocycles. The van der Waals surface area contributed by atoms with Crippen molar-refractivity contribution in [3.05, 3.63) is 65.2 Å². The fourth-order valence-electron chi connectivity index (χ4n) is 3.12. The third-order valence-electron chi connectivity index (χ3n) is 4.34. The third kappa shape index (κ3) is 3.49. The minimum Gasteiger partial charge on any atom is -0.497 e. The molecule has 0 radical (unpaired) electrons. The maximum Gasteiger partial charge on any atom is 0.119 e. The molecule has 3 heteroatoms. The number of benzene rings is 2. The van der Waals surface area contributed by atoms with Crippen molar-refractivity contribution < 1.29 is 9.84 Å². The van der Waals surface area contributed by atoms with Gasteiger partial charge in [0.25, 0.3) is 0 Å². The first-order valence-corrected chi connectivity index (χ1v) is 7.87. The van der Waals surface area contributed by atoms with Gasteiger partial charge in [-0.2, -0.15) is 0 Å². The van der Waals surface area contributed by atoms with Gasteiger partial charge in [0.1, 0.15) is 5.75 Å². The number of aliphatic hydroxyl groups excluding tert-OH is 1. The van der Waals surface area contributed by atoms with E-state index in [4.69, 9.17) is 4.74 Å². The second kappa shape index (κ2) is 6.95. The molecule has 0 saturated carbocycles. The molecule has 0 fully saturated rings. The zero-order valence-corrected chi connectivity index (χ0v) is 13.0. The predicted octanol–water partition coefficient (Wildman–Crippen LogP) is 3.18. The summed E-state index contributed by atoms with van der Waals surface area (Å²) < 4.78 is 5.24. The van der Waals surface area contributed by atoms with Gasteiger partial charge in [-0.25, -0.2) is 0 Å². The van der Waals surface area contributed by atoms with E-state index in [0.29, 0.717) is 6.54 Å². The van der Waals surface area contributed by atoms with Gasteiger partial charge < -0.3 is 9.84 Å². The van der Waals surface area contributed by atoms with Crippen LogP contribution in [0.3, 0.4) is 0 Å². The molecule has 0 aliphatic carbocycles. The second-order valence-corrected chi connectivity index (χ2v) is 5.90.